The fraction of sp³-hybridized carbons (Fsp3) is 0.118. The van der Waals surface area contributed by atoms with E-state index in [0.717, 1.165) is 21.6 Å². The lowest BCUT2D eigenvalue weighted by Crippen LogP contribution is -2.27. The molecule has 1 amide bonds. The molecule has 0 atom stereocenters. The molecule has 0 radical (unpaired) electrons. The average Bonchev–Trinajstić information content (AvgIpc) is 3.11. The molecule has 0 fully saturated rings. The van der Waals surface area contributed by atoms with Crippen LogP contribution in [-0.2, 0) is 14.8 Å². The Morgan fingerprint density at radius 2 is 1.78 bits per heavy atom. The molecule has 1 heterocycles. The summed E-state index contributed by atoms with van der Waals surface area (Å²) in [5, 5.41) is 3.00. The number of carbonyl (C=O) groups excluding carboxylic acids is 1. The summed E-state index contributed by atoms with van der Waals surface area (Å²) in [4.78, 5) is 16.4. The van der Waals surface area contributed by atoms with Crippen molar-refractivity contribution >= 4 is 48.5 Å². The van der Waals surface area contributed by atoms with Crippen LogP contribution in [0.2, 0.25) is 0 Å². The maximum Gasteiger partial charge on any atom is 0.240 e. The zero-order valence-corrected chi connectivity index (χ0v) is 17.1. The second kappa shape index (κ2) is 8.70. The number of benzene rings is 2. The van der Waals surface area contributed by atoms with E-state index in [9.17, 15) is 13.2 Å². The van der Waals surface area contributed by atoms with Crippen LogP contribution < -0.4 is 10.0 Å². The molecule has 0 bridgehead atoms. The molecule has 0 aliphatic carbocycles. The zero-order valence-electron chi connectivity index (χ0n) is 13.9. The number of hydrogen-bond donors (Lipinski definition) is 2. The summed E-state index contributed by atoms with van der Waals surface area (Å²) in [5.74, 6) is 0.191. The van der Waals surface area contributed by atoms with Crippen LogP contribution in [0.15, 0.2) is 64.0 Å². The highest BCUT2D eigenvalue weighted by atomic mass is 79.9. The molecule has 3 aromatic rings. The first-order chi connectivity index (χ1) is 12.9. The standard InChI is InChI=1S/C17H15BrN4O3S2/c18-13-6-8-14(9-7-13)27(24,25)19-11-10-15(23)20-17-21-16(22-26-17)12-4-2-1-3-5-12/h1-9,19H,10-11H2,(H,20,21,22,23). The summed E-state index contributed by atoms with van der Waals surface area (Å²) in [6.45, 7) is -0.0193. The third-order valence-electron chi connectivity index (χ3n) is 3.47. The van der Waals surface area contributed by atoms with Crippen molar-refractivity contribution in [1.29, 1.82) is 0 Å². The van der Waals surface area contributed by atoms with E-state index >= 15 is 0 Å². The molecule has 0 spiro atoms. The normalized spacial score (nSPS) is 11.3. The molecule has 0 unspecified atom stereocenters. The predicted molar refractivity (Wildman–Crippen MR) is 108 cm³/mol. The second-order valence-electron chi connectivity index (χ2n) is 5.44. The lowest BCUT2D eigenvalue weighted by molar-refractivity contribution is -0.116. The third kappa shape index (κ3) is 5.42. The van der Waals surface area contributed by atoms with Gasteiger partial charge in [-0.05, 0) is 24.3 Å². The maximum atomic E-state index is 12.2. The Hall–Kier alpha value is -2.14. The van der Waals surface area contributed by atoms with E-state index in [1.807, 2.05) is 30.3 Å². The lowest BCUT2D eigenvalue weighted by Gasteiger charge is -2.06. The van der Waals surface area contributed by atoms with Crippen LogP contribution in [0.25, 0.3) is 11.4 Å². The first-order valence-electron chi connectivity index (χ1n) is 7.88. The summed E-state index contributed by atoms with van der Waals surface area (Å²) in [7, 11) is -3.65. The molecular formula is C17H15BrN4O3S2. The van der Waals surface area contributed by atoms with Gasteiger partial charge in [-0.2, -0.15) is 9.36 Å². The number of nitrogens with one attached hydrogen (secondary N) is 2. The largest absolute Gasteiger partial charge is 0.301 e. The number of carbonyl (C=O) groups is 1. The van der Waals surface area contributed by atoms with E-state index in [4.69, 9.17) is 0 Å². The molecule has 7 nitrogen and oxygen atoms in total. The maximum absolute atomic E-state index is 12.2. The molecule has 10 heteroatoms. The van der Waals surface area contributed by atoms with E-state index < -0.39 is 10.0 Å². The molecule has 0 saturated carbocycles. The number of hydrogen-bond acceptors (Lipinski definition) is 6. The van der Waals surface area contributed by atoms with Gasteiger partial charge in [0.1, 0.15) is 0 Å². The Labute approximate surface area is 169 Å². The Kier molecular flexibility index (Phi) is 6.32. The number of sulfonamides is 1. The fourth-order valence-corrected chi connectivity index (χ4v) is 4.06. The molecule has 27 heavy (non-hydrogen) atoms. The van der Waals surface area contributed by atoms with Crippen LogP contribution >= 0.6 is 27.5 Å². The number of anilines is 1. The minimum atomic E-state index is -3.65. The van der Waals surface area contributed by atoms with Crippen molar-refractivity contribution in [3.05, 3.63) is 59.1 Å². The van der Waals surface area contributed by atoms with Crippen molar-refractivity contribution < 1.29 is 13.2 Å². The molecule has 140 valence electrons. The predicted octanol–water partition coefficient (Wildman–Crippen LogP) is 3.27. The van der Waals surface area contributed by atoms with Crippen molar-refractivity contribution in [2.75, 3.05) is 11.9 Å². The van der Waals surface area contributed by atoms with E-state index in [1.165, 1.54) is 12.1 Å². The highest BCUT2D eigenvalue weighted by Gasteiger charge is 2.15. The molecule has 2 aromatic carbocycles. The van der Waals surface area contributed by atoms with Crippen LogP contribution in [-0.4, -0.2) is 30.2 Å². The first-order valence-corrected chi connectivity index (χ1v) is 10.9. The summed E-state index contributed by atoms with van der Waals surface area (Å²) in [6.07, 6.45) is -0.0178. The van der Waals surface area contributed by atoms with Crippen LogP contribution in [0.3, 0.4) is 0 Å². The van der Waals surface area contributed by atoms with E-state index in [1.54, 1.807) is 12.1 Å². The van der Waals surface area contributed by atoms with Crippen LogP contribution in [0.4, 0.5) is 5.13 Å². The Balaban J connectivity index is 1.51. The van der Waals surface area contributed by atoms with Gasteiger partial charge in [0.15, 0.2) is 5.82 Å². The number of rotatable bonds is 7. The van der Waals surface area contributed by atoms with E-state index in [-0.39, 0.29) is 23.8 Å². The number of amides is 1. The lowest BCUT2D eigenvalue weighted by atomic mass is 10.2. The van der Waals surface area contributed by atoms with Gasteiger partial charge in [-0.15, -0.1) is 0 Å². The second-order valence-corrected chi connectivity index (χ2v) is 8.87. The van der Waals surface area contributed by atoms with Gasteiger partial charge >= 0.3 is 0 Å². The molecule has 0 aliphatic rings. The minimum Gasteiger partial charge on any atom is -0.301 e. The van der Waals surface area contributed by atoms with Crippen LogP contribution in [0.5, 0.6) is 0 Å². The van der Waals surface area contributed by atoms with Gasteiger partial charge in [-0.3, -0.25) is 4.79 Å². The summed E-state index contributed by atoms with van der Waals surface area (Å²) in [6, 6.07) is 15.7. The van der Waals surface area contributed by atoms with Gasteiger partial charge in [0.05, 0.1) is 4.90 Å². The van der Waals surface area contributed by atoms with E-state index in [2.05, 4.69) is 35.3 Å². The smallest absolute Gasteiger partial charge is 0.240 e. The SMILES string of the molecule is O=C(CCNS(=O)(=O)c1ccc(Br)cc1)Nc1nc(-c2ccccc2)ns1. The molecule has 0 saturated heterocycles. The summed E-state index contributed by atoms with van der Waals surface area (Å²) in [5.41, 5.74) is 0.858. The minimum absolute atomic E-state index is 0.0178. The topological polar surface area (TPSA) is 101 Å². The fourth-order valence-electron chi connectivity index (χ4n) is 2.16. The Morgan fingerprint density at radius 1 is 1.07 bits per heavy atom. The quantitative estimate of drug-likeness (QED) is 0.556. The van der Waals surface area contributed by atoms with E-state index in [0.29, 0.717) is 11.0 Å². The highest BCUT2D eigenvalue weighted by Crippen LogP contribution is 2.20. The van der Waals surface area contributed by atoms with Crippen molar-refractivity contribution in [3.8, 4) is 11.4 Å². The number of aromatic nitrogens is 2. The summed E-state index contributed by atoms with van der Waals surface area (Å²) < 4.78 is 31.7. The van der Waals surface area contributed by atoms with Crippen LogP contribution in [0.1, 0.15) is 6.42 Å². The molecule has 1 aromatic heterocycles. The summed E-state index contributed by atoms with van der Waals surface area (Å²) >= 11 is 4.33. The van der Waals surface area contributed by atoms with Crippen molar-refractivity contribution in [2.45, 2.75) is 11.3 Å². The van der Waals surface area contributed by atoms with Crippen molar-refractivity contribution in [3.63, 3.8) is 0 Å². The number of nitrogens with zero attached hydrogens (tertiary/aromatic N) is 2. The molecule has 0 aliphatic heterocycles. The zero-order chi connectivity index (χ0) is 19.3. The Morgan fingerprint density at radius 3 is 2.48 bits per heavy atom. The van der Waals surface area contributed by atoms with Crippen molar-refractivity contribution in [1.82, 2.24) is 14.1 Å². The van der Waals surface area contributed by atoms with Gasteiger partial charge in [-0.1, -0.05) is 46.3 Å². The molecular weight excluding hydrogens is 452 g/mol. The van der Waals surface area contributed by atoms with Gasteiger partial charge < -0.3 is 5.32 Å². The highest BCUT2D eigenvalue weighted by molar-refractivity contribution is 9.10. The number of halogens is 1. The third-order valence-corrected chi connectivity index (χ3v) is 6.11. The van der Waals surface area contributed by atoms with Gasteiger partial charge in [-0.25, -0.2) is 13.1 Å². The van der Waals surface area contributed by atoms with Crippen molar-refractivity contribution in [2.24, 2.45) is 0 Å². The Bertz CT molecular complexity index is 1020. The van der Waals surface area contributed by atoms with Gasteiger partial charge in [0.25, 0.3) is 0 Å². The van der Waals surface area contributed by atoms with Gasteiger partial charge in [0, 0.05) is 34.5 Å². The van der Waals surface area contributed by atoms with Crippen LogP contribution in [0, 0.1) is 0 Å². The average molecular weight is 467 g/mol. The first kappa shape index (κ1) is 19.6. The molecule has 3 rings (SSSR count). The van der Waals surface area contributed by atoms with Gasteiger partial charge in [0.2, 0.25) is 21.1 Å². The molecule has 2 N–H and O–H groups in total. The monoisotopic (exact) mass is 466 g/mol.